The molecule has 0 radical (unpaired) electrons. The normalized spacial score (nSPS) is 10.2. The Bertz CT molecular complexity index is 674. The van der Waals surface area contributed by atoms with Crippen molar-refractivity contribution in [2.45, 2.75) is 13.8 Å². The molecular formula is C15H16BrN3O2. The molecule has 1 aromatic carbocycles. The molecular weight excluding hydrogens is 334 g/mol. The summed E-state index contributed by atoms with van der Waals surface area (Å²) in [5, 5.41) is 2.77. The number of halogens is 1. The van der Waals surface area contributed by atoms with Crippen molar-refractivity contribution < 1.29 is 9.53 Å². The van der Waals surface area contributed by atoms with Crippen LogP contribution in [0.25, 0.3) is 0 Å². The zero-order valence-electron chi connectivity index (χ0n) is 11.8. The van der Waals surface area contributed by atoms with Crippen molar-refractivity contribution in [1.29, 1.82) is 0 Å². The molecule has 110 valence electrons. The quantitative estimate of drug-likeness (QED) is 0.829. The van der Waals surface area contributed by atoms with E-state index in [9.17, 15) is 4.79 Å². The summed E-state index contributed by atoms with van der Waals surface area (Å²) in [7, 11) is 0. The van der Waals surface area contributed by atoms with Crippen molar-refractivity contribution in [3.8, 4) is 5.75 Å². The number of nitrogens with zero attached hydrogens (tertiary/aromatic N) is 1. The number of nitrogens with two attached hydrogens (primary N) is 1. The molecule has 0 saturated heterocycles. The minimum absolute atomic E-state index is 0.277. The number of aryl methyl sites for hydroxylation is 1. The Kier molecular flexibility index (Phi) is 4.80. The first-order valence-corrected chi connectivity index (χ1v) is 7.25. The van der Waals surface area contributed by atoms with Crippen LogP contribution in [0.3, 0.4) is 0 Å². The Hall–Kier alpha value is -2.08. The number of nitrogen functional groups attached to an aromatic ring is 1. The summed E-state index contributed by atoms with van der Waals surface area (Å²) in [6.45, 7) is 4.26. The molecule has 0 bridgehead atoms. The Morgan fingerprint density at radius 3 is 2.81 bits per heavy atom. The highest BCUT2D eigenvalue weighted by molar-refractivity contribution is 9.10. The van der Waals surface area contributed by atoms with E-state index in [0.717, 1.165) is 10.0 Å². The summed E-state index contributed by atoms with van der Waals surface area (Å²) in [4.78, 5) is 16.5. The predicted molar refractivity (Wildman–Crippen MR) is 86.7 cm³/mol. The van der Waals surface area contributed by atoms with Crippen LogP contribution in [0.15, 0.2) is 34.9 Å². The third kappa shape index (κ3) is 3.95. The molecule has 2 rings (SSSR count). The van der Waals surface area contributed by atoms with Gasteiger partial charge in [-0.2, -0.15) is 0 Å². The molecule has 1 heterocycles. The van der Waals surface area contributed by atoms with Crippen LogP contribution >= 0.6 is 15.9 Å². The number of hydrogen-bond acceptors (Lipinski definition) is 4. The maximum atomic E-state index is 12.3. The largest absolute Gasteiger partial charge is 0.494 e. The van der Waals surface area contributed by atoms with Crippen molar-refractivity contribution in [3.05, 3.63) is 46.1 Å². The third-order valence-corrected chi connectivity index (χ3v) is 3.21. The van der Waals surface area contributed by atoms with Crippen LogP contribution in [0, 0.1) is 6.92 Å². The molecule has 0 aliphatic rings. The van der Waals surface area contributed by atoms with Crippen LogP contribution in [0.1, 0.15) is 22.8 Å². The second kappa shape index (κ2) is 6.58. The lowest BCUT2D eigenvalue weighted by Crippen LogP contribution is -2.14. The standard InChI is InChI=1S/C15H16BrN3O2/c1-3-21-13-6-10(5-12(17)7-13)15(20)19-14-9(2)4-11(16)8-18-14/h4-8H,3,17H2,1-2H3,(H,18,19,20). The highest BCUT2D eigenvalue weighted by Gasteiger charge is 2.11. The number of amides is 1. The Labute approximate surface area is 131 Å². The first-order valence-electron chi connectivity index (χ1n) is 6.46. The van der Waals surface area contributed by atoms with Gasteiger partial charge in [-0.25, -0.2) is 4.98 Å². The van der Waals surface area contributed by atoms with Gasteiger partial charge in [0.15, 0.2) is 0 Å². The van der Waals surface area contributed by atoms with Gasteiger partial charge in [0, 0.05) is 28.0 Å². The number of rotatable bonds is 4. The molecule has 0 atom stereocenters. The number of carbonyl (C=O) groups is 1. The van der Waals surface area contributed by atoms with Gasteiger partial charge in [0.1, 0.15) is 11.6 Å². The maximum Gasteiger partial charge on any atom is 0.257 e. The zero-order chi connectivity index (χ0) is 15.4. The fraction of sp³-hybridized carbons (Fsp3) is 0.200. The summed E-state index contributed by atoms with van der Waals surface area (Å²) >= 11 is 3.34. The lowest BCUT2D eigenvalue weighted by Gasteiger charge is -2.10. The van der Waals surface area contributed by atoms with Gasteiger partial charge < -0.3 is 15.8 Å². The van der Waals surface area contributed by atoms with E-state index >= 15 is 0 Å². The van der Waals surface area contributed by atoms with Crippen LogP contribution in [0.5, 0.6) is 5.75 Å². The summed E-state index contributed by atoms with van der Waals surface area (Å²) in [5.74, 6) is 0.813. The van der Waals surface area contributed by atoms with Gasteiger partial charge in [-0.05, 0) is 53.5 Å². The van der Waals surface area contributed by atoms with Crippen molar-refractivity contribution in [2.75, 3.05) is 17.7 Å². The van der Waals surface area contributed by atoms with E-state index in [0.29, 0.717) is 29.4 Å². The van der Waals surface area contributed by atoms with Crippen LogP contribution in [-0.2, 0) is 0 Å². The van der Waals surface area contributed by atoms with E-state index < -0.39 is 0 Å². The van der Waals surface area contributed by atoms with Gasteiger partial charge in [-0.1, -0.05) is 0 Å². The molecule has 2 aromatic rings. The smallest absolute Gasteiger partial charge is 0.257 e. The summed E-state index contributed by atoms with van der Waals surface area (Å²) in [6, 6.07) is 6.83. The van der Waals surface area contributed by atoms with E-state index in [-0.39, 0.29) is 5.91 Å². The predicted octanol–water partition coefficient (Wildman–Crippen LogP) is 3.39. The Morgan fingerprint density at radius 2 is 2.14 bits per heavy atom. The zero-order valence-corrected chi connectivity index (χ0v) is 13.4. The van der Waals surface area contributed by atoms with E-state index in [1.54, 1.807) is 24.4 Å². The summed E-state index contributed by atoms with van der Waals surface area (Å²) in [5.41, 5.74) is 7.57. The molecule has 0 aliphatic heterocycles. The molecule has 21 heavy (non-hydrogen) atoms. The van der Waals surface area contributed by atoms with Gasteiger partial charge in [-0.15, -0.1) is 0 Å². The lowest BCUT2D eigenvalue weighted by molar-refractivity contribution is 0.102. The van der Waals surface area contributed by atoms with E-state index in [2.05, 4.69) is 26.2 Å². The molecule has 0 unspecified atom stereocenters. The van der Waals surface area contributed by atoms with Crippen molar-refractivity contribution in [3.63, 3.8) is 0 Å². The lowest BCUT2D eigenvalue weighted by atomic mass is 10.1. The molecule has 0 spiro atoms. The van der Waals surface area contributed by atoms with Crippen LogP contribution in [0.4, 0.5) is 11.5 Å². The summed E-state index contributed by atoms with van der Waals surface area (Å²) in [6.07, 6.45) is 1.63. The molecule has 6 heteroatoms. The Balaban J connectivity index is 2.23. The van der Waals surface area contributed by atoms with Gasteiger partial charge >= 0.3 is 0 Å². The van der Waals surface area contributed by atoms with Gasteiger partial charge in [-0.3, -0.25) is 4.79 Å². The Morgan fingerprint density at radius 1 is 1.38 bits per heavy atom. The first-order chi connectivity index (χ1) is 9.99. The first kappa shape index (κ1) is 15.3. The van der Waals surface area contributed by atoms with Gasteiger partial charge in [0.05, 0.1) is 6.61 Å². The minimum atomic E-state index is -0.277. The van der Waals surface area contributed by atoms with Crippen molar-refractivity contribution in [1.82, 2.24) is 4.98 Å². The highest BCUT2D eigenvalue weighted by atomic mass is 79.9. The SMILES string of the molecule is CCOc1cc(N)cc(C(=O)Nc2ncc(Br)cc2C)c1. The van der Waals surface area contributed by atoms with Crippen LogP contribution in [-0.4, -0.2) is 17.5 Å². The number of nitrogens with one attached hydrogen (secondary N) is 1. The molecule has 0 aliphatic carbocycles. The molecule has 0 saturated carbocycles. The highest BCUT2D eigenvalue weighted by Crippen LogP contribution is 2.21. The molecule has 3 N–H and O–H groups in total. The second-order valence-electron chi connectivity index (χ2n) is 4.50. The number of pyridine rings is 1. The van der Waals surface area contributed by atoms with Gasteiger partial charge in [0.25, 0.3) is 5.91 Å². The topological polar surface area (TPSA) is 77.2 Å². The van der Waals surface area contributed by atoms with Crippen molar-refractivity contribution >= 4 is 33.3 Å². The minimum Gasteiger partial charge on any atom is -0.494 e. The molecule has 0 fully saturated rings. The molecule has 5 nitrogen and oxygen atoms in total. The van der Waals surface area contributed by atoms with E-state index in [4.69, 9.17) is 10.5 Å². The average Bonchev–Trinajstić information content (AvgIpc) is 2.41. The van der Waals surface area contributed by atoms with Crippen LogP contribution < -0.4 is 15.8 Å². The number of benzene rings is 1. The number of carbonyl (C=O) groups excluding carboxylic acids is 1. The van der Waals surface area contributed by atoms with E-state index in [1.807, 2.05) is 19.9 Å². The third-order valence-electron chi connectivity index (χ3n) is 2.78. The van der Waals surface area contributed by atoms with E-state index in [1.165, 1.54) is 0 Å². The second-order valence-corrected chi connectivity index (χ2v) is 5.41. The van der Waals surface area contributed by atoms with Crippen LogP contribution in [0.2, 0.25) is 0 Å². The van der Waals surface area contributed by atoms with Gasteiger partial charge in [0.2, 0.25) is 0 Å². The number of ether oxygens (including phenoxy) is 1. The monoisotopic (exact) mass is 349 g/mol. The number of anilines is 2. The fourth-order valence-electron chi connectivity index (χ4n) is 1.85. The average molecular weight is 350 g/mol. The molecule has 1 aromatic heterocycles. The fourth-order valence-corrected chi connectivity index (χ4v) is 2.30. The molecule has 1 amide bonds. The summed E-state index contributed by atoms with van der Waals surface area (Å²) < 4.78 is 6.25. The number of hydrogen-bond donors (Lipinski definition) is 2. The van der Waals surface area contributed by atoms with Crippen molar-refractivity contribution in [2.24, 2.45) is 0 Å². The number of aromatic nitrogens is 1. The maximum absolute atomic E-state index is 12.3.